The Hall–Kier alpha value is -3.32. The number of hydrogen-bond acceptors (Lipinski definition) is 5. The summed E-state index contributed by atoms with van der Waals surface area (Å²) >= 11 is 12.3. The minimum absolute atomic E-state index is 0.181. The third-order valence-corrected chi connectivity index (χ3v) is 7.82. The van der Waals surface area contributed by atoms with E-state index in [-0.39, 0.29) is 16.1 Å². The van der Waals surface area contributed by atoms with Crippen LogP contribution in [0.25, 0.3) is 0 Å². The molecule has 6 rings (SSSR count). The van der Waals surface area contributed by atoms with Crippen molar-refractivity contribution in [2.75, 3.05) is 4.90 Å². The first-order valence-electron chi connectivity index (χ1n) is 11.0. The highest BCUT2D eigenvalue weighted by Crippen LogP contribution is 2.58. The number of halogens is 2. The fourth-order valence-corrected chi connectivity index (χ4v) is 5.76. The van der Waals surface area contributed by atoms with Gasteiger partial charge in [-0.05, 0) is 36.8 Å². The quantitative estimate of drug-likeness (QED) is 0.361. The number of aryl methyl sites for hydroxylation is 1. The number of hydrogen-bond donors (Lipinski definition) is 0. The van der Waals surface area contributed by atoms with Gasteiger partial charge in [0.05, 0.1) is 33.7 Å². The molecule has 2 heterocycles. The molecule has 2 saturated heterocycles. The number of anilines is 1. The number of carbonyl (C=O) groups is 4. The number of benzene rings is 3. The van der Waals surface area contributed by atoms with Gasteiger partial charge >= 0.3 is 0 Å². The highest BCUT2D eigenvalue weighted by Gasteiger charge is 2.74. The zero-order valence-electron chi connectivity index (χ0n) is 18.3. The summed E-state index contributed by atoms with van der Waals surface area (Å²) in [4.78, 5) is 56.2. The molecular weight excluding hydrogens is 489 g/mol. The van der Waals surface area contributed by atoms with Gasteiger partial charge in [0.25, 0.3) is 0 Å². The molecule has 3 aliphatic rings. The Morgan fingerprint density at radius 2 is 1.43 bits per heavy atom. The van der Waals surface area contributed by atoms with Crippen LogP contribution in [-0.4, -0.2) is 29.0 Å². The monoisotopic (exact) mass is 505 g/mol. The summed E-state index contributed by atoms with van der Waals surface area (Å²) in [5.74, 6) is -4.80. The molecule has 1 aliphatic carbocycles. The largest absolute Gasteiger partial charge is 0.349 e. The summed E-state index contributed by atoms with van der Waals surface area (Å²) in [6.45, 7) is 1.89. The number of imide groups is 1. The van der Waals surface area contributed by atoms with Gasteiger partial charge in [0.15, 0.2) is 0 Å². The molecule has 0 radical (unpaired) electrons. The van der Waals surface area contributed by atoms with Crippen molar-refractivity contribution in [1.29, 1.82) is 0 Å². The maximum absolute atomic E-state index is 13.9. The number of amides is 2. The molecular formula is C27H17Cl2NO5. The van der Waals surface area contributed by atoms with Crippen molar-refractivity contribution in [3.8, 4) is 0 Å². The number of carbonyl (C=O) groups excluding carboxylic acids is 4. The third-order valence-electron chi connectivity index (χ3n) is 7.08. The number of rotatable bonds is 2. The smallest absolute Gasteiger partial charge is 0.241 e. The van der Waals surface area contributed by atoms with Crippen molar-refractivity contribution in [2.24, 2.45) is 11.8 Å². The predicted molar refractivity (Wildman–Crippen MR) is 129 cm³/mol. The van der Waals surface area contributed by atoms with Gasteiger partial charge in [0.2, 0.25) is 29.0 Å². The van der Waals surface area contributed by atoms with Crippen molar-refractivity contribution in [3.05, 3.63) is 99.0 Å². The Morgan fingerprint density at radius 3 is 2.03 bits per heavy atom. The van der Waals surface area contributed by atoms with Crippen molar-refractivity contribution >= 4 is 52.3 Å². The van der Waals surface area contributed by atoms with Crippen LogP contribution < -0.4 is 4.90 Å². The molecule has 0 aromatic heterocycles. The van der Waals surface area contributed by atoms with Gasteiger partial charge in [-0.25, -0.2) is 4.90 Å². The van der Waals surface area contributed by atoms with Crippen LogP contribution in [-0.2, 0) is 14.3 Å². The van der Waals surface area contributed by atoms with Crippen LogP contribution in [0.5, 0.6) is 0 Å². The van der Waals surface area contributed by atoms with Crippen LogP contribution in [0.3, 0.4) is 0 Å². The second-order valence-corrected chi connectivity index (χ2v) is 9.82. The lowest BCUT2D eigenvalue weighted by atomic mass is 9.77. The first-order valence-corrected chi connectivity index (χ1v) is 11.8. The molecule has 0 N–H and O–H groups in total. The summed E-state index contributed by atoms with van der Waals surface area (Å²) in [5, 5.41) is 0.528. The van der Waals surface area contributed by atoms with Crippen LogP contribution in [0.2, 0.25) is 10.0 Å². The van der Waals surface area contributed by atoms with Gasteiger partial charge in [-0.1, -0.05) is 71.2 Å². The maximum atomic E-state index is 13.9. The Bertz CT molecular complexity index is 1430. The van der Waals surface area contributed by atoms with Crippen LogP contribution >= 0.6 is 23.2 Å². The number of ketones is 2. The summed E-state index contributed by atoms with van der Waals surface area (Å²) in [7, 11) is 0. The molecule has 3 atom stereocenters. The number of Topliss-reactive ketones (excluding diaryl/α,β-unsaturated/α-hetero) is 2. The topological polar surface area (TPSA) is 80.8 Å². The molecule has 2 amide bonds. The summed E-state index contributed by atoms with van der Waals surface area (Å²) < 4.78 is 6.24. The standard InChI is InChI=1S/C27H17Cl2NO5/c1-13-6-9-15(10-7-13)30-25(33)20-21(26(30)34)27(23(31)16-4-2-3-5-17(16)24(27)32)35-22(20)14-8-11-18(28)19(29)12-14/h2-12,20-22H,1H3/t20-,21+,22-/m1/s1. The van der Waals surface area contributed by atoms with E-state index < -0.39 is 46.9 Å². The fourth-order valence-electron chi connectivity index (χ4n) is 5.46. The lowest BCUT2D eigenvalue weighted by molar-refractivity contribution is -0.127. The average Bonchev–Trinajstić information content (AvgIpc) is 3.42. The van der Waals surface area contributed by atoms with E-state index in [4.69, 9.17) is 27.9 Å². The first-order chi connectivity index (χ1) is 16.8. The van der Waals surface area contributed by atoms with Crippen LogP contribution in [0.4, 0.5) is 5.69 Å². The molecule has 0 unspecified atom stereocenters. The summed E-state index contributed by atoms with van der Waals surface area (Å²) in [6, 6.07) is 18.0. The molecule has 174 valence electrons. The molecule has 8 heteroatoms. The molecule has 3 aromatic carbocycles. The summed E-state index contributed by atoms with van der Waals surface area (Å²) in [6.07, 6.45) is -1.05. The Balaban J connectivity index is 1.55. The SMILES string of the molecule is Cc1ccc(N2C(=O)[C@H]3[C@@H](c4ccc(Cl)c(Cl)c4)OC4(C(=O)c5ccccc5C4=O)[C@@H]3C2=O)cc1. The zero-order valence-corrected chi connectivity index (χ0v) is 19.8. The van der Waals surface area contributed by atoms with Crippen molar-refractivity contribution in [1.82, 2.24) is 0 Å². The molecule has 1 spiro atoms. The van der Waals surface area contributed by atoms with Gasteiger partial charge in [-0.2, -0.15) is 0 Å². The lowest BCUT2D eigenvalue weighted by Crippen LogP contribution is -2.51. The number of ether oxygens (including phenoxy) is 1. The van der Waals surface area contributed by atoms with E-state index in [1.807, 2.05) is 6.92 Å². The zero-order chi connectivity index (χ0) is 24.6. The van der Waals surface area contributed by atoms with Crippen LogP contribution in [0.1, 0.15) is 37.9 Å². The summed E-state index contributed by atoms with van der Waals surface area (Å²) in [5.41, 5.74) is 0.0172. The van der Waals surface area contributed by atoms with Crippen LogP contribution in [0.15, 0.2) is 66.7 Å². The minimum Gasteiger partial charge on any atom is -0.349 e. The van der Waals surface area contributed by atoms with Gasteiger partial charge in [-0.15, -0.1) is 0 Å². The van der Waals surface area contributed by atoms with Gasteiger partial charge < -0.3 is 4.74 Å². The van der Waals surface area contributed by atoms with Crippen LogP contribution in [0, 0.1) is 18.8 Å². The first kappa shape index (κ1) is 22.2. The molecule has 3 aromatic rings. The van der Waals surface area contributed by atoms with E-state index in [0.717, 1.165) is 10.5 Å². The van der Waals surface area contributed by atoms with E-state index >= 15 is 0 Å². The minimum atomic E-state index is -2.13. The van der Waals surface area contributed by atoms with Crippen molar-refractivity contribution in [2.45, 2.75) is 18.6 Å². The molecule has 2 fully saturated rings. The number of nitrogens with zero attached hydrogens (tertiary/aromatic N) is 1. The maximum Gasteiger partial charge on any atom is 0.241 e. The van der Waals surface area contributed by atoms with Gasteiger partial charge in [0.1, 0.15) is 0 Å². The molecule has 6 nitrogen and oxygen atoms in total. The lowest BCUT2D eigenvalue weighted by Gasteiger charge is -2.27. The highest BCUT2D eigenvalue weighted by atomic mass is 35.5. The average molecular weight is 506 g/mol. The molecule has 0 bridgehead atoms. The molecule has 2 aliphatic heterocycles. The molecule has 35 heavy (non-hydrogen) atoms. The van der Waals surface area contributed by atoms with Gasteiger partial charge in [-0.3, -0.25) is 19.2 Å². The Kier molecular flexibility index (Phi) is 4.81. The van der Waals surface area contributed by atoms with Crippen molar-refractivity contribution in [3.63, 3.8) is 0 Å². The van der Waals surface area contributed by atoms with E-state index in [2.05, 4.69) is 0 Å². The Labute approximate surface area is 210 Å². The second-order valence-electron chi connectivity index (χ2n) is 9.00. The third kappa shape index (κ3) is 2.88. The van der Waals surface area contributed by atoms with E-state index in [9.17, 15) is 19.2 Å². The number of fused-ring (bicyclic) bond motifs is 3. The van der Waals surface area contributed by atoms with Crippen molar-refractivity contribution < 1.29 is 23.9 Å². The Morgan fingerprint density at radius 1 is 0.800 bits per heavy atom. The normalized spacial score (nSPS) is 24.4. The highest BCUT2D eigenvalue weighted by molar-refractivity contribution is 6.42. The predicted octanol–water partition coefficient (Wildman–Crippen LogP) is 5.00. The van der Waals surface area contributed by atoms with E-state index in [1.165, 1.54) is 18.2 Å². The second kappa shape index (κ2) is 7.59. The van der Waals surface area contributed by atoms with E-state index in [1.54, 1.807) is 48.5 Å². The van der Waals surface area contributed by atoms with E-state index in [0.29, 0.717) is 16.3 Å². The molecule has 0 saturated carbocycles. The fraction of sp³-hybridized carbons (Fsp3) is 0.185. The van der Waals surface area contributed by atoms with Gasteiger partial charge in [0, 0.05) is 11.1 Å².